The summed E-state index contributed by atoms with van der Waals surface area (Å²) in [5.74, 6) is -0.487. The van der Waals surface area contributed by atoms with E-state index in [0.29, 0.717) is 70.0 Å². The first-order chi connectivity index (χ1) is 15.0. The minimum Gasteiger partial charge on any atom is -0.442 e. The molecule has 31 heavy (non-hydrogen) atoms. The third-order valence-electron chi connectivity index (χ3n) is 6.33. The molecule has 0 aromatic carbocycles. The summed E-state index contributed by atoms with van der Waals surface area (Å²) in [6, 6.07) is 4.75. The van der Waals surface area contributed by atoms with Crippen LogP contribution in [0.25, 0.3) is 11.5 Å². The number of hydrogen-bond acceptors (Lipinski definition) is 7. The minimum absolute atomic E-state index is 0.00495. The molecule has 3 aliphatic rings. The topological polar surface area (TPSA) is 118 Å². The van der Waals surface area contributed by atoms with Crippen molar-refractivity contribution >= 4 is 15.9 Å². The van der Waals surface area contributed by atoms with Gasteiger partial charge in [-0.05, 0) is 31.0 Å². The zero-order chi connectivity index (χ0) is 21.5. The van der Waals surface area contributed by atoms with E-state index < -0.39 is 15.8 Å². The fraction of sp³-hybridized carbons (Fsp3) is 0.600. The van der Waals surface area contributed by atoms with Crippen molar-refractivity contribution in [2.24, 2.45) is 5.92 Å². The van der Waals surface area contributed by atoms with Crippen LogP contribution in [0.4, 0.5) is 0 Å². The van der Waals surface area contributed by atoms with Crippen LogP contribution in [0.3, 0.4) is 0 Å². The predicted molar refractivity (Wildman–Crippen MR) is 108 cm³/mol. The number of nitrogens with zero attached hydrogens (tertiary/aromatic N) is 3. The molecule has 1 spiro atoms. The molecule has 2 aromatic rings. The first kappa shape index (κ1) is 20.7. The van der Waals surface area contributed by atoms with Crippen LogP contribution in [0.2, 0.25) is 0 Å². The van der Waals surface area contributed by atoms with Gasteiger partial charge in [0.15, 0.2) is 11.5 Å². The second-order valence-corrected chi connectivity index (χ2v) is 10.1. The second kappa shape index (κ2) is 8.05. The van der Waals surface area contributed by atoms with Gasteiger partial charge < -0.3 is 18.8 Å². The summed E-state index contributed by atoms with van der Waals surface area (Å²) in [5.41, 5.74) is 0.603. The van der Waals surface area contributed by atoms with Gasteiger partial charge >= 0.3 is 0 Å². The van der Waals surface area contributed by atoms with Crippen LogP contribution in [0.15, 0.2) is 33.9 Å². The number of aromatic amines is 1. The molecule has 0 saturated carbocycles. The lowest BCUT2D eigenvalue weighted by Gasteiger charge is -2.40. The van der Waals surface area contributed by atoms with Crippen molar-refractivity contribution < 1.29 is 27.1 Å². The Labute approximate surface area is 180 Å². The number of sulfonamides is 1. The number of ether oxygens (including phenoxy) is 2. The molecule has 1 atom stereocenters. The first-order valence-electron chi connectivity index (χ1n) is 10.6. The Balaban J connectivity index is 1.25. The highest BCUT2D eigenvalue weighted by Gasteiger charge is 2.43. The summed E-state index contributed by atoms with van der Waals surface area (Å²) >= 11 is 0. The second-order valence-electron chi connectivity index (χ2n) is 8.22. The van der Waals surface area contributed by atoms with Crippen molar-refractivity contribution in [1.29, 1.82) is 0 Å². The number of furan rings is 1. The van der Waals surface area contributed by atoms with Gasteiger partial charge in [0.05, 0.1) is 19.1 Å². The van der Waals surface area contributed by atoms with Crippen LogP contribution in [-0.4, -0.2) is 78.9 Å². The van der Waals surface area contributed by atoms with Crippen molar-refractivity contribution in [1.82, 2.24) is 19.4 Å². The highest BCUT2D eigenvalue weighted by molar-refractivity contribution is 7.89. The van der Waals surface area contributed by atoms with E-state index in [1.807, 2.05) is 4.90 Å². The Morgan fingerprint density at radius 2 is 1.90 bits per heavy atom. The summed E-state index contributed by atoms with van der Waals surface area (Å²) in [6.07, 6.45) is 4.18. The third-order valence-corrected chi connectivity index (χ3v) is 8.06. The van der Waals surface area contributed by atoms with Gasteiger partial charge in [0.2, 0.25) is 11.0 Å². The van der Waals surface area contributed by atoms with Crippen LogP contribution < -0.4 is 0 Å². The Bertz CT molecular complexity index is 1020. The van der Waals surface area contributed by atoms with E-state index in [0.717, 1.165) is 0 Å². The van der Waals surface area contributed by atoms with E-state index >= 15 is 0 Å². The molecule has 0 bridgehead atoms. The molecule has 5 rings (SSSR count). The molecule has 5 heterocycles. The maximum Gasteiger partial charge on any atom is 0.276 e. The van der Waals surface area contributed by atoms with Gasteiger partial charge in [0, 0.05) is 45.2 Å². The number of amides is 1. The number of hydrogen-bond donors (Lipinski definition) is 1. The van der Waals surface area contributed by atoms with E-state index in [1.54, 1.807) is 18.3 Å². The van der Waals surface area contributed by atoms with Gasteiger partial charge in [-0.3, -0.25) is 9.89 Å². The number of likely N-dealkylation sites (tertiary alicyclic amines) is 1. The molecular weight excluding hydrogens is 424 g/mol. The molecule has 0 aliphatic carbocycles. The van der Waals surface area contributed by atoms with Crippen LogP contribution in [0, 0.1) is 5.92 Å². The Morgan fingerprint density at radius 1 is 1.13 bits per heavy atom. The highest BCUT2D eigenvalue weighted by Crippen LogP contribution is 2.33. The van der Waals surface area contributed by atoms with Crippen molar-refractivity contribution in [3.05, 3.63) is 24.4 Å². The Hall–Kier alpha value is -2.21. The summed E-state index contributed by atoms with van der Waals surface area (Å²) in [4.78, 5) is 14.9. The lowest BCUT2D eigenvalue weighted by molar-refractivity contribution is -0.188. The average molecular weight is 451 g/mol. The number of rotatable bonds is 4. The van der Waals surface area contributed by atoms with Gasteiger partial charge in [0.25, 0.3) is 10.0 Å². The van der Waals surface area contributed by atoms with Crippen molar-refractivity contribution in [3.8, 4) is 11.5 Å². The standard InChI is InChI=1S/C20H26N4O6S/c25-19(23-10-6-20(7-11-23)28-12-13-29-20)15-2-1-9-24(14-15)31(26,27)18-4-3-17(30-18)16-5-8-21-22-16/h3-5,8,15H,1-2,6-7,9-14H2,(H,21,22)/t15-/m1/s1. The molecule has 3 saturated heterocycles. The van der Waals surface area contributed by atoms with E-state index in [1.165, 1.54) is 10.4 Å². The van der Waals surface area contributed by atoms with Gasteiger partial charge in [0.1, 0.15) is 5.69 Å². The first-order valence-corrected chi connectivity index (χ1v) is 12.1. The number of piperidine rings is 2. The minimum atomic E-state index is -3.83. The fourth-order valence-corrected chi connectivity index (χ4v) is 6.03. The predicted octanol–water partition coefficient (Wildman–Crippen LogP) is 1.44. The van der Waals surface area contributed by atoms with Gasteiger partial charge in [-0.15, -0.1) is 0 Å². The van der Waals surface area contributed by atoms with E-state index in [4.69, 9.17) is 13.9 Å². The molecule has 1 N–H and O–H groups in total. The fourth-order valence-electron chi connectivity index (χ4n) is 4.60. The maximum absolute atomic E-state index is 13.1. The van der Waals surface area contributed by atoms with E-state index in [9.17, 15) is 13.2 Å². The van der Waals surface area contributed by atoms with Gasteiger partial charge in [-0.2, -0.15) is 9.40 Å². The molecule has 3 aliphatic heterocycles. The Morgan fingerprint density at radius 3 is 2.61 bits per heavy atom. The smallest absolute Gasteiger partial charge is 0.276 e. The zero-order valence-electron chi connectivity index (χ0n) is 17.2. The molecule has 1 amide bonds. The van der Waals surface area contributed by atoms with Crippen LogP contribution in [-0.2, 0) is 24.3 Å². The SMILES string of the molecule is O=C([C@@H]1CCCN(S(=O)(=O)c2ccc(-c3ccn[nH]3)o2)C1)N1CCC2(CC1)OCCO2. The third kappa shape index (κ3) is 3.91. The largest absolute Gasteiger partial charge is 0.442 e. The molecule has 2 aromatic heterocycles. The van der Waals surface area contributed by atoms with Crippen molar-refractivity contribution in [2.45, 2.75) is 36.6 Å². The lowest BCUT2D eigenvalue weighted by Crippen LogP contribution is -2.51. The lowest BCUT2D eigenvalue weighted by atomic mass is 9.96. The molecule has 168 valence electrons. The monoisotopic (exact) mass is 450 g/mol. The van der Waals surface area contributed by atoms with E-state index in [2.05, 4.69) is 10.2 Å². The summed E-state index contributed by atoms with van der Waals surface area (Å²) in [7, 11) is -3.83. The van der Waals surface area contributed by atoms with Crippen LogP contribution in [0.1, 0.15) is 25.7 Å². The normalized spacial score (nSPS) is 24.6. The highest BCUT2D eigenvalue weighted by atomic mass is 32.2. The van der Waals surface area contributed by atoms with Gasteiger partial charge in [-0.25, -0.2) is 8.42 Å². The number of carbonyl (C=O) groups excluding carboxylic acids is 1. The number of H-pyrrole nitrogens is 1. The molecule has 0 radical (unpaired) electrons. The van der Waals surface area contributed by atoms with Crippen LogP contribution >= 0.6 is 0 Å². The summed E-state index contributed by atoms with van der Waals surface area (Å²) < 4.78 is 44.7. The van der Waals surface area contributed by atoms with Crippen LogP contribution in [0.5, 0.6) is 0 Å². The average Bonchev–Trinajstić information content (AvgIpc) is 3.55. The Kier molecular flexibility index (Phi) is 5.37. The quantitative estimate of drug-likeness (QED) is 0.749. The molecule has 0 unspecified atom stereocenters. The van der Waals surface area contributed by atoms with E-state index in [-0.39, 0.29) is 23.5 Å². The van der Waals surface area contributed by atoms with Gasteiger partial charge in [-0.1, -0.05) is 0 Å². The van der Waals surface area contributed by atoms with Crippen molar-refractivity contribution in [2.75, 3.05) is 39.4 Å². The maximum atomic E-state index is 13.1. The molecule has 3 fully saturated rings. The number of aromatic nitrogens is 2. The molecular formula is C20H26N4O6S. The van der Waals surface area contributed by atoms with Crippen molar-refractivity contribution in [3.63, 3.8) is 0 Å². The molecule has 11 heteroatoms. The number of carbonyl (C=O) groups is 1. The summed E-state index contributed by atoms with van der Waals surface area (Å²) in [5, 5.41) is 6.48. The zero-order valence-corrected chi connectivity index (χ0v) is 18.0. The summed E-state index contributed by atoms with van der Waals surface area (Å²) in [6.45, 7) is 2.85. The molecule has 10 nitrogen and oxygen atoms in total. The number of nitrogens with one attached hydrogen (secondary N) is 1.